The molecule has 9 nitrogen and oxygen atoms in total. The molecule has 0 aliphatic carbocycles. The second-order valence-corrected chi connectivity index (χ2v) is 9.69. The van der Waals surface area contributed by atoms with Crippen molar-refractivity contribution >= 4 is 24.1 Å². The molecule has 2 heterocycles. The summed E-state index contributed by atoms with van der Waals surface area (Å²) >= 11 is 1.57. The van der Waals surface area contributed by atoms with Gasteiger partial charge in [0.05, 0.1) is 12.6 Å². The Kier molecular flexibility index (Phi) is 13.1. The Morgan fingerprint density at radius 1 is 1.42 bits per heavy atom. The molecule has 3 atom stereocenters. The quantitative estimate of drug-likeness (QED) is 0.270. The van der Waals surface area contributed by atoms with Crippen molar-refractivity contribution in [2.24, 2.45) is 11.0 Å². The highest BCUT2D eigenvalue weighted by Gasteiger charge is 2.17. The average Bonchev–Trinajstić information content (AvgIpc) is 2.88. The van der Waals surface area contributed by atoms with Crippen LogP contribution in [0.4, 0.5) is 4.79 Å². The Bertz CT molecular complexity index is 991. The van der Waals surface area contributed by atoms with Crippen molar-refractivity contribution in [1.82, 2.24) is 20.1 Å². The van der Waals surface area contributed by atoms with Gasteiger partial charge in [0.2, 0.25) is 5.43 Å². The molecule has 0 saturated heterocycles. The molecule has 10 heteroatoms. The van der Waals surface area contributed by atoms with E-state index in [-0.39, 0.29) is 16.7 Å². The molecule has 3 unspecified atom stereocenters. The maximum Gasteiger partial charge on any atom is 0.411 e. The van der Waals surface area contributed by atoms with Crippen LogP contribution in [0.3, 0.4) is 0 Å². The van der Waals surface area contributed by atoms with E-state index >= 15 is 0 Å². The number of hydrazone groups is 1. The van der Waals surface area contributed by atoms with E-state index in [1.807, 2.05) is 36.4 Å². The minimum absolute atomic E-state index is 0.0363. The lowest BCUT2D eigenvalue weighted by Crippen LogP contribution is -2.26. The number of methoxy groups -OCH3 is 1. The standard InChI is InChI=1S/C26H39N5O4S/c1-6-13-35-26(33)28-22-11-15-36-23(16-22)17-24-25(32)9-12-31(29-24)20(4)18-27-30(8-3)19-21(7-2)10-14-34-5/h8-9,11-12,15-16,18,20-21,23H,3,6-7,10,13-14,17,19H2,1-2,4-5H3,(H,28,33)/b27-18-. The van der Waals surface area contributed by atoms with Crippen LogP contribution in [-0.2, 0) is 15.9 Å². The molecule has 2 rings (SSSR count). The predicted molar refractivity (Wildman–Crippen MR) is 146 cm³/mol. The zero-order chi connectivity index (χ0) is 26.3. The van der Waals surface area contributed by atoms with Crippen LogP contribution in [0.1, 0.15) is 51.8 Å². The number of aromatic nitrogens is 2. The van der Waals surface area contributed by atoms with Crippen LogP contribution >= 0.6 is 11.8 Å². The fraction of sp³-hybridized carbons (Fsp3) is 0.538. The lowest BCUT2D eigenvalue weighted by atomic mass is 10.0. The second-order valence-electron chi connectivity index (χ2n) is 8.54. The van der Waals surface area contributed by atoms with Gasteiger partial charge in [-0.25, -0.2) is 4.79 Å². The number of nitrogens with one attached hydrogen (secondary N) is 1. The first-order chi connectivity index (χ1) is 17.4. The summed E-state index contributed by atoms with van der Waals surface area (Å²) in [7, 11) is 1.71. The molecule has 0 radical (unpaired) electrons. The van der Waals surface area contributed by atoms with Gasteiger partial charge in [0.15, 0.2) is 0 Å². The van der Waals surface area contributed by atoms with Crippen molar-refractivity contribution in [3.63, 3.8) is 0 Å². The van der Waals surface area contributed by atoms with Crippen LogP contribution in [0.25, 0.3) is 0 Å². The molecule has 1 aliphatic rings. The summed E-state index contributed by atoms with van der Waals surface area (Å²) in [4.78, 5) is 24.4. The Hall–Kier alpha value is -2.85. The van der Waals surface area contributed by atoms with Crippen molar-refractivity contribution in [2.45, 2.75) is 57.7 Å². The van der Waals surface area contributed by atoms with Crippen LogP contribution in [0.15, 0.2) is 58.2 Å². The van der Waals surface area contributed by atoms with Gasteiger partial charge in [-0.1, -0.05) is 26.8 Å². The third kappa shape index (κ3) is 10.0. The van der Waals surface area contributed by atoms with Crippen LogP contribution in [0.5, 0.6) is 0 Å². The van der Waals surface area contributed by atoms with Crippen molar-refractivity contribution in [3.8, 4) is 0 Å². The minimum Gasteiger partial charge on any atom is -0.449 e. The second kappa shape index (κ2) is 16.0. The van der Waals surface area contributed by atoms with Crippen molar-refractivity contribution in [2.75, 3.05) is 26.9 Å². The highest BCUT2D eigenvalue weighted by Crippen LogP contribution is 2.23. The van der Waals surface area contributed by atoms with Gasteiger partial charge in [0.1, 0.15) is 5.69 Å². The monoisotopic (exact) mass is 517 g/mol. The third-order valence-electron chi connectivity index (χ3n) is 5.66. The Labute approximate surface area is 218 Å². The van der Waals surface area contributed by atoms with E-state index in [2.05, 4.69) is 29.0 Å². The molecule has 1 N–H and O–H groups in total. The Morgan fingerprint density at radius 2 is 2.22 bits per heavy atom. The SMILES string of the molecule is C=CN(CC(CC)CCOC)/N=C\C(C)n1ccc(=O)c(CC2C=C(NC(=O)OCCC)C=CS2)n1. The van der Waals surface area contributed by atoms with E-state index in [9.17, 15) is 9.59 Å². The summed E-state index contributed by atoms with van der Waals surface area (Å²) in [6.07, 6.45) is 11.6. The summed E-state index contributed by atoms with van der Waals surface area (Å²) < 4.78 is 12.0. The first-order valence-corrected chi connectivity index (χ1v) is 13.3. The maximum atomic E-state index is 12.5. The number of allylic oxidation sites excluding steroid dienone is 1. The molecule has 0 spiro atoms. The molecule has 198 valence electrons. The number of amides is 1. The van der Waals surface area contributed by atoms with E-state index in [0.29, 0.717) is 30.3 Å². The van der Waals surface area contributed by atoms with E-state index in [1.54, 1.807) is 42.2 Å². The van der Waals surface area contributed by atoms with E-state index in [1.165, 1.54) is 6.07 Å². The number of hydrogen-bond donors (Lipinski definition) is 1. The summed E-state index contributed by atoms with van der Waals surface area (Å²) in [6, 6.07) is 1.37. The zero-order valence-corrected chi connectivity index (χ0v) is 22.6. The fourth-order valence-electron chi connectivity index (χ4n) is 3.46. The molecule has 1 amide bonds. The van der Waals surface area contributed by atoms with Gasteiger partial charge in [-0.3, -0.25) is 19.8 Å². The van der Waals surface area contributed by atoms with Crippen molar-refractivity contribution < 1.29 is 14.3 Å². The first-order valence-electron chi connectivity index (χ1n) is 12.4. The molecule has 0 saturated carbocycles. The Balaban J connectivity index is 2.04. The normalized spacial score (nSPS) is 16.9. The molecule has 36 heavy (non-hydrogen) atoms. The molecular weight excluding hydrogens is 478 g/mol. The molecule has 1 aromatic rings. The van der Waals surface area contributed by atoms with Gasteiger partial charge in [-0.15, -0.1) is 11.8 Å². The number of rotatable bonds is 15. The van der Waals surface area contributed by atoms with Crippen LogP contribution in [-0.4, -0.2) is 59.2 Å². The lowest BCUT2D eigenvalue weighted by Gasteiger charge is -2.22. The van der Waals surface area contributed by atoms with Gasteiger partial charge >= 0.3 is 6.09 Å². The maximum absolute atomic E-state index is 12.5. The summed E-state index contributed by atoms with van der Waals surface area (Å²) in [6.45, 7) is 11.8. The molecule has 1 aromatic heterocycles. The van der Waals surface area contributed by atoms with Gasteiger partial charge < -0.3 is 9.47 Å². The fourth-order valence-corrected chi connectivity index (χ4v) is 4.37. The largest absolute Gasteiger partial charge is 0.449 e. The van der Waals surface area contributed by atoms with Crippen LogP contribution < -0.4 is 10.7 Å². The van der Waals surface area contributed by atoms with E-state index < -0.39 is 6.09 Å². The van der Waals surface area contributed by atoms with Gasteiger partial charge in [-0.05, 0) is 43.2 Å². The highest BCUT2D eigenvalue weighted by molar-refractivity contribution is 8.02. The minimum atomic E-state index is -0.482. The molecule has 0 bridgehead atoms. The number of thioether (sulfide) groups is 1. The highest BCUT2D eigenvalue weighted by atomic mass is 32.2. The number of alkyl carbamates (subject to hydrolysis) is 1. The molecular formula is C26H39N5O4S. The topological polar surface area (TPSA) is 98.1 Å². The number of carbonyl (C=O) groups is 1. The third-order valence-corrected chi connectivity index (χ3v) is 6.60. The lowest BCUT2D eigenvalue weighted by molar-refractivity contribution is 0.149. The molecule has 1 aliphatic heterocycles. The van der Waals surface area contributed by atoms with E-state index in [4.69, 9.17) is 9.47 Å². The van der Waals surface area contributed by atoms with Crippen molar-refractivity contribution in [3.05, 3.63) is 64.2 Å². The number of nitrogens with zero attached hydrogens (tertiary/aromatic N) is 4. The average molecular weight is 518 g/mol. The van der Waals surface area contributed by atoms with Crippen LogP contribution in [0, 0.1) is 5.92 Å². The molecule has 0 fully saturated rings. The first kappa shape index (κ1) is 29.4. The van der Waals surface area contributed by atoms with Gasteiger partial charge in [0, 0.05) is 62.3 Å². The summed E-state index contributed by atoms with van der Waals surface area (Å²) in [5.41, 5.74) is 0.991. The smallest absolute Gasteiger partial charge is 0.411 e. The zero-order valence-electron chi connectivity index (χ0n) is 21.8. The summed E-state index contributed by atoms with van der Waals surface area (Å²) in [5.74, 6) is 0.454. The number of hydrogen-bond acceptors (Lipinski definition) is 8. The summed E-state index contributed by atoms with van der Waals surface area (Å²) in [5, 5.41) is 15.6. The molecule has 0 aromatic carbocycles. The number of carbonyl (C=O) groups excluding carboxylic acids is 1. The van der Waals surface area contributed by atoms with E-state index in [0.717, 1.165) is 32.4 Å². The van der Waals surface area contributed by atoms with Gasteiger partial charge in [-0.2, -0.15) is 10.2 Å². The van der Waals surface area contributed by atoms with Crippen LogP contribution in [0.2, 0.25) is 0 Å². The Morgan fingerprint density at radius 3 is 2.92 bits per heavy atom. The predicted octanol–water partition coefficient (Wildman–Crippen LogP) is 4.49. The van der Waals surface area contributed by atoms with Crippen molar-refractivity contribution in [1.29, 1.82) is 0 Å². The number of ether oxygens (including phenoxy) is 2. The van der Waals surface area contributed by atoms with Gasteiger partial charge in [0.25, 0.3) is 0 Å².